The number of nitrogens with one attached hydrogen (secondary N) is 1. The van der Waals surface area contributed by atoms with Gasteiger partial charge in [-0.2, -0.15) is 0 Å². The van der Waals surface area contributed by atoms with Crippen LogP contribution in [0.3, 0.4) is 0 Å². The molecule has 26 heavy (non-hydrogen) atoms. The third-order valence-electron chi connectivity index (χ3n) is 3.59. The van der Waals surface area contributed by atoms with Crippen molar-refractivity contribution in [1.82, 2.24) is 0 Å². The largest absolute Gasteiger partial charge is 0.352 e. The fourth-order valence-electron chi connectivity index (χ4n) is 2.63. The minimum Gasteiger partial charge on any atom is -0.352 e. The fraction of sp³-hybridized carbons (Fsp3) is 0.591. The summed E-state index contributed by atoms with van der Waals surface area (Å²) in [4.78, 5) is 3.23. The summed E-state index contributed by atoms with van der Waals surface area (Å²) in [5.41, 5.74) is 6.40. The molecule has 3 N–H and O–H groups in total. The van der Waals surface area contributed by atoms with E-state index in [1.165, 1.54) is 0 Å². The summed E-state index contributed by atoms with van der Waals surface area (Å²) in [7, 11) is 0. The van der Waals surface area contributed by atoms with E-state index in [4.69, 9.17) is 22.1 Å². The Bertz CT molecular complexity index is 447. The topological polar surface area (TPSA) is 49.2 Å². The second-order valence-corrected chi connectivity index (χ2v) is 5.90. The fourth-order valence-corrected chi connectivity index (χ4v) is 2.80. The van der Waals surface area contributed by atoms with Crippen molar-refractivity contribution < 1.29 is 9.73 Å². The lowest BCUT2D eigenvalue weighted by Gasteiger charge is -2.33. The first-order valence-electron chi connectivity index (χ1n) is 9.78. The van der Waals surface area contributed by atoms with Crippen molar-refractivity contribution in [2.45, 2.75) is 72.0 Å². The molecule has 0 aliphatic heterocycles. The summed E-state index contributed by atoms with van der Waals surface area (Å²) < 4.78 is 6.58. The molecule has 0 fully saturated rings. The molecule has 0 heterocycles. The van der Waals surface area contributed by atoms with Crippen LogP contribution in [0.25, 0.3) is 0 Å². The van der Waals surface area contributed by atoms with E-state index in [0.717, 1.165) is 31.4 Å². The Balaban J connectivity index is 0. The SMILES string of the molecule is C=CC=[NH+]/C(=C\CCl)C(/C=C/CC)OC(/C=C/C)(CCC)CCN.CC. The van der Waals surface area contributed by atoms with Crippen molar-refractivity contribution in [2.24, 2.45) is 5.73 Å². The zero-order valence-corrected chi connectivity index (χ0v) is 18.2. The highest BCUT2D eigenvalue weighted by Crippen LogP contribution is 2.27. The molecule has 0 saturated carbocycles. The predicted molar refractivity (Wildman–Crippen MR) is 118 cm³/mol. The van der Waals surface area contributed by atoms with Crippen LogP contribution < -0.4 is 10.7 Å². The van der Waals surface area contributed by atoms with E-state index < -0.39 is 0 Å². The van der Waals surface area contributed by atoms with Crippen molar-refractivity contribution in [3.05, 3.63) is 48.7 Å². The maximum absolute atomic E-state index is 6.58. The van der Waals surface area contributed by atoms with Gasteiger partial charge < -0.3 is 10.5 Å². The Labute approximate surface area is 166 Å². The molecule has 0 aromatic carbocycles. The van der Waals surface area contributed by atoms with Gasteiger partial charge in [0.1, 0.15) is 0 Å². The Hall–Kier alpha value is -1.16. The first-order chi connectivity index (χ1) is 12.6. The highest BCUT2D eigenvalue weighted by atomic mass is 35.5. The molecular formula is C22H40ClN2O+. The lowest BCUT2D eigenvalue weighted by atomic mass is 9.92. The second-order valence-electron chi connectivity index (χ2n) is 5.59. The Morgan fingerprint density at radius 3 is 2.46 bits per heavy atom. The van der Waals surface area contributed by atoms with E-state index in [9.17, 15) is 0 Å². The lowest BCUT2D eigenvalue weighted by Crippen LogP contribution is -2.69. The van der Waals surface area contributed by atoms with Crippen LogP contribution in [-0.4, -0.2) is 30.3 Å². The number of allylic oxidation sites excluding steroid dienone is 4. The third-order valence-corrected chi connectivity index (χ3v) is 3.75. The molecule has 0 aromatic rings. The lowest BCUT2D eigenvalue weighted by molar-refractivity contribution is -0.405. The van der Waals surface area contributed by atoms with Gasteiger partial charge in [-0.15, -0.1) is 11.6 Å². The van der Waals surface area contributed by atoms with E-state index in [-0.39, 0.29) is 11.7 Å². The summed E-state index contributed by atoms with van der Waals surface area (Å²) >= 11 is 5.94. The minimum absolute atomic E-state index is 0.214. The molecule has 0 aliphatic carbocycles. The van der Waals surface area contributed by atoms with Crippen LogP contribution >= 0.6 is 11.6 Å². The molecule has 2 unspecified atom stereocenters. The zero-order chi connectivity index (χ0) is 20.3. The molecule has 0 rings (SSSR count). The van der Waals surface area contributed by atoms with E-state index in [0.29, 0.717) is 12.4 Å². The van der Waals surface area contributed by atoms with E-state index in [1.807, 2.05) is 32.9 Å². The minimum atomic E-state index is -0.373. The van der Waals surface area contributed by atoms with Gasteiger partial charge in [0.25, 0.3) is 0 Å². The van der Waals surface area contributed by atoms with Crippen LogP contribution in [0.2, 0.25) is 0 Å². The van der Waals surface area contributed by atoms with Gasteiger partial charge in [0, 0.05) is 12.0 Å². The van der Waals surface area contributed by atoms with Gasteiger partial charge in [-0.3, -0.25) is 0 Å². The van der Waals surface area contributed by atoms with E-state index >= 15 is 0 Å². The van der Waals surface area contributed by atoms with Gasteiger partial charge in [-0.25, -0.2) is 4.99 Å². The molecule has 2 atom stereocenters. The van der Waals surface area contributed by atoms with Crippen LogP contribution in [0.15, 0.2) is 48.7 Å². The van der Waals surface area contributed by atoms with Crippen LogP contribution in [0.1, 0.15) is 60.3 Å². The quantitative estimate of drug-likeness (QED) is 0.283. The molecule has 0 aromatic heterocycles. The van der Waals surface area contributed by atoms with Crippen molar-refractivity contribution in [3.8, 4) is 0 Å². The van der Waals surface area contributed by atoms with Crippen molar-refractivity contribution in [1.29, 1.82) is 0 Å². The van der Waals surface area contributed by atoms with Crippen LogP contribution in [0, 0.1) is 0 Å². The summed E-state index contributed by atoms with van der Waals surface area (Å²) in [6.45, 7) is 14.6. The molecule has 0 amide bonds. The van der Waals surface area contributed by atoms with Crippen molar-refractivity contribution >= 4 is 17.8 Å². The smallest absolute Gasteiger partial charge is 0.209 e. The molecule has 0 spiro atoms. The Morgan fingerprint density at radius 1 is 1.31 bits per heavy atom. The number of hydrogen-bond donors (Lipinski definition) is 2. The summed E-state index contributed by atoms with van der Waals surface area (Å²) in [6.07, 6.45) is 17.2. The molecule has 0 saturated heterocycles. The number of nitrogens with two attached hydrogens (primary N) is 1. The predicted octanol–water partition coefficient (Wildman–Crippen LogP) is 4.29. The summed E-state index contributed by atoms with van der Waals surface area (Å²) in [5, 5.41) is 0. The van der Waals surface area contributed by atoms with Gasteiger partial charge in [-0.05, 0) is 44.9 Å². The summed E-state index contributed by atoms with van der Waals surface area (Å²) in [5.74, 6) is 0.411. The molecule has 0 bridgehead atoms. The van der Waals surface area contributed by atoms with Crippen molar-refractivity contribution in [2.75, 3.05) is 12.4 Å². The Morgan fingerprint density at radius 2 is 2.00 bits per heavy atom. The van der Waals surface area contributed by atoms with Crippen LogP contribution in [0.4, 0.5) is 0 Å². The maximum atomic E-state index is 6.58. The van der Waals surface area contributed by atoms with Crippen molar-refractivity contribution in [3.63, 3.8) is 0 Å². The average Bonchev–Trinajstić information content (AvgIpc) is 2.64. The standard InChI is InChI=1S/C20H33ClN2O.C2H6/c1-5-9-10-19(18(11-15-21)23-17-8-4)24-20(12-6-2,13-7-3)14-16-22;1-2/h6,8-12,17,19H,4-5,7,13-16,22H2,1-3H3;1-2H3/p+1/b10-9+,12-6+,18-11-,23-17?;. The molecule has 3 nitrogen and oxygen atoms in total. The maximum Gasteiger partial charge on any atom is 0.209 e. The Kier molecular flexibility index (Phi) is 19.4. The third kappa shape index (κ3) is 11.5. The number of ether oxygens (including phenoxy) is 1. The van der Waals surface area contributed by atoms with Gasteiger partial charge in [0.2, 0.25) is 5.70 Å². The monoisotopic (exact) mass is 383 g/mol. The van der Waals surface area contributed by atoms with Crippen LogP contribution in [-0.2, 0) is 4.74 Å². The highest BCUT2D eigenvalue weighted by molar-refractivity contribution is 6.18. The number of alkyl halides is 1. The van der Waals surface area contributed by atoms with Gasteiger partial charge >= 0.3 is 0 Å². The molecule has 4 heteroatoms. The van der Waals surface area contributed by atoms with Gasteiger partial charge in [0.15, 0.2) is 12.3 Å². The first kappa shape index (κ1) is 27.1. The zero-order valence-electron chi connectivity index (χ0n) is 17.4. The highest BCUT2D eigenvalue weighted by Gasteiger charge is 2.32. The number of hydrogen-bond acceptors (Lipinski definition) is 2. The van der Waals surface area contributed by atoms with E-state index in [2.05, 4.69) is 43.6 Å². The molecule has 150 valence electrons. The number of rotatable bonds is 13. The van der Waals surface area contributed by atoms with Gasteiger partial charge in [0.05, 0.1) is 5.60 Å². The van der Waals surface area contributed by atoms with Gasteiger partial charge in [-0.1, -0.05) is 58.9 Å². The molecule has 0 aliphatic rings. The van der Waals surface area contributed by atoms with Crippen LogP contribution in [0.5, 0.6) is 0 Å². The second kappa shape index (κ2) is 18.6. The normalized spacial score (nSPS) is 15.9. The first-order valence-corrected chi connectivity index (χ1v) is 10.3. The molecule has 0 radical (unpaired) electrons. The summed E-state index contributed by atoms with van der Waals surface area (Å²) in [6, 6.07) is 0. The average molecular weight is 384 g/mol. The van der Waals surface area contributed by atoms with E-state index in [1.54, 1.807) is 12.3 Å². The number of halogens is 1. The molecular weight excluding hydrogens is 344 g/mol.